The number of amides is 3. The summed E-state index contributed by atoms with van der Waals surface area (Å²) in [6.07, 6.45) is -0.489. The van der Waals surface area contributed by atoms with Gasteiger partial charge in [-0.05, 0) is 57.0 Å². The van der Waals surface area contributed by atoms with Crippen LogP contribution in [-0.2, 0) is 11.3 Å². The van der Waals surface area contributed by atoms with Crippen molar-refractivity contribution in [3.63, 3.8) is 0 Å². The highest BCUT2D eigenvalue weighted by Crippen LogP contribution is 2.22. The summed E-state index contributed by atoms with van der Waals surface area (Å²) in [5, 5.41) is 8.94. The number of benzene rings is 2. The van der Waals surface area contributed by atoms with Crippen molar-refractivity contribution in [2.24, 2.45) is 0 Å². The van der Waals surface area contributed by atoms with Gasteiger partial charge in [0.15, 0.2) is 0 Å². The molecule has 0 fully saturated rings. The van der Waals surface area contributed by atoms with Gasteiger partial charge < -0.3 is 20.7 Å². The summed E-state index contributed by atoms with van der Waals surface area (Å²) in [4.78, 5) is 24.0. The Morgan fingerprint density at radius 2 is 1.82 bits per heavy atom. The minimum atomic E-state index is -0.552. The molecule has 0 aliphatic carbocycles. The molecule has 7 heteroatoms. The lowest BCUT2D eigenvalue weighted by Gasteiger charge is -2.19. The van der Waals surface area contributed by atoms with Crippen LogP contribution in [0.2, 0.25) is 5.02 Å². The fourth-order valence-electron chi connectivity index (χ4n) is 2.52. The molecule has 6 nitrogen and oxygen atoms in total. The van der Waals surface area contributed by atoms with Gasteiger partial charge in [0.2, 0.25) is 0 Å². The lowest BCUT2D eigenvalue weighted by molar-refractivity contribution is 0.0523. The molecule has 2 rings (SSSR count). The average Bonchev–Trinajstić information content (AvgIpc) is 2.59. The zero-order valence-corrected chi connectivity index (χ0v) is 17.3. The van der Waals surface area contributed by atoms with E-state index in [1.807, 2.05) is 31.2 Å². The molecule has 150 valence electrons. The van der Waals surface area contributed by atoms with Gasteiger partial charge in [0.1, 0.15) is 5.60 Å². The molecule has 0 aromatic heterocycles. The number of anilines is 1. The Morgan fingerprint density at radius 1 is 1.11 bits per heavy atom. The van der Waals surface area contributed by atoms with Crippen molar-refractivity contribution in [2.75, 3.05) is 5.32 Å². The first-order chi connectivity index (χ1) is 13.1. The molecule has 3 amide bonds. The van der Waals surface area contributed by atoms with E-state index in [4.69, 9.17) is 16.3 Å². The number of carbonyl (C=O) groups is 2. The molecule has 0 saturated carbocycles. The molecular formula is C21H26ClN3O3. The number of hydrogen-bond acceptors (Lipinski definition) is 3. The number of urea groups is 1. The number of rotatable bonds is 5. The molecule has 2 aromatic rings. The van der Waals surface area contributed by atoms with Gasteiger partial charge in [-0.25, -0.2) is 9.59 Å². The molecule has 0 radical (unpaired) electrons. The maximum atomic E-state index is 12.3. The third-order valence-corrected chi connectivity index (χ3v) is 4.08. The summed E-state index contributed by atoms with van der Waals surface area (Å²) in [7, 11) is 0. The summed E-state index contributed by atoms with van der Waals surface area (Å²) < 4.78 is 5.21. The Bertz CT molecular complexity index is 834. The Balaban J connectivity index is 1.90. The number of ether oxygens (including phenoxy) is 1. The Morgan fingerprint density at radius 3 is 2.50 bits per heavy atom. The van der Waals surface area contributed by atoms with Crippen LogP contribution in [0, 0.1) is 0 Å². The van der Waals surface area contributed by atoms with E-state index in [-0.39, 0.29) is 12.1 Å². The highest BCUT2D eigenvalue weighted by Gasteiger charge is 2.16. The monoisotopic (exact) mass is 403 g/mol. The van der Waals surface area contributed by atoms with Crippen molar-refractivity contribution < 1.29 is 14.3 Å². The van der Waals surface area contributed by atoms with Crippen molar-refractivity contribution in [3.8, 4) is 0 Å². The molecule has 0 aliphatic heterocycles. The van der Waals surface area contributed by atoms with E-state index in [9.17, 15) is 9.59 Å². The molecular weight excluding hydrogens is 378 g/mol. The van der Waals surface area contributed by atoms with Gasteiger partial charge in [0.25, 0.3) is 0 Å². The largest absolute Gasteiger partial charge is 0.444 e. The zero-order chi connectivity index (χ0) is 20.7. The highest BCUT2D eigenvalue weighted by atomic mass is 35.5. The van der Waals surface area contributed by atoms with E-state index < -0.39 is 11.7 Å². The molecule has 1 atom stereocenters. The van der Waals surface area contributed by atoms with Crippen molar-refractivity contribution in [1.29, 1.82) is 0 Å². The zero-order valence-electron chi connectivity index (χ0n) is 16.5. The van der Waals surface area contributed by atoms with Crippen LogP contribution in [0.4, 0.5) is 15.3 Å². The second-order valence-corrected chi connectivity index (χ2v) is 7.80. The third-order valence-electron chi connectivity index (χ3n) is 3.74. The smallest absolute Gasteiger partial charge is 0.407 e. The molecule has 3 N–H and O–H groups in total. The minimum Gasteiger partial charge on any atom is -0.444 e. The van der Waals surface area contributed by atoms with Crippen molar-refractivity contribution >= 4 is 29.4 Å². The van der Waals surface area contributed by atoms with Crippen LogP contribution in [0.25, 0.3) is 0 Å². The maximum Gasteiger partial charge on any atom is 0.407 e. The Hall–Kier alpha value is -2.73. The topological polar surface area (TPSA) is 79.5 Å². The first-order valence-electron chi connectivity index (χ1n) is 9.02. The third kappa shape index (κ3) is 7.12. The molecule has 0 heterocycles. The fourth-order valence-corrected chi connectivity index (χ4v) is 2.81. The van der Waals surface area contributed by atoms with Gasteiger partial charge in [0.05, 0.1) is 6.04 Å². The molecule has 1 unspecified atom stereocenters. The van der Waals surface area contributed by atoms with Crippen LogP contribution in [-0.4, -0.2) is 17.7 Å². The number of hydrogen-bond donors (Lipinski definition) is 3. The summed E-state index contributed by atoms with van der Waals surface area (Å²) in [5.41, 5.74) is 1.74. The van der Waals surface area contributed by atoms with E-state index in [0.717, 1.165) is 11.1 Å². The minimum absolute atomic E-state index is 0.245. The van der Waals surface area contributed by atoms with Gasteiger partial charge in [-0.3, -0.25) is 0 Å². The van der Waals surface area contributed by atoms with Crippen LogP contribution < -0.4 is 16.0 Å². The number of carbonyl (C=O) groups excluding carboxylic acids is 2. The molecule has 2 aromatic carbocycles. The van der Waals surface area contributed by atoms with E-state index in [2.05, 4.69) is 16.0 Å². The van der Waals surface area contributed by atoms with E-state index >= 15 is 0 Å². The predicted octanol–water partition coefficient (Wildman–Crippen LogP) is 5.25. The second kappa shape index (κ2) is 9.46. The second-order valence-electron chi connectivity index (χ2n) is 7.40. The number of nitrogens with one attached hydrogen (secondary N) is 3. The molecule has 0 spiro atoms. The predicted molar refractivity (Wildman–Crippen MR) is 112 cm³/mol. The van der Waals surface area contributed by atoms with Crippen molar-refractivity contribution in [1.82, 2.24) is 10.6 Å². The lowest BCUT2D eigenvalue weighted by Crippen LogP contribution is -2.32. The SMILES string of the molecule is CC(NC(=O)Nc1cccc(CNC(=O)OC(C)(C)C)c1)c1ccccc1Cl. The van der Waals surface area contributed by atoms with E-state index in [0.29, 0.717) is 17.3 Å². The van der Waals surface area contributed by atoms with Crippen molar-refractivity contribution in [2.45, 2.75) is 45.9 Å². The van der Waals surface area contributed by atoms with Gasteiger partial charge >= 0.3 is 12.1 Å². The number of halogens is 1. The van der Waals surface area contributed by atoms with Crippen LogP contribution in [0.3, 0.4) is 0 Å². The maximum absolute atomic E-state index is 12.3. The highest BCUT2D eigenvalue weighted by molar-refractivity contribution is 6.31. The van der Waals surface area contributed by atoms with Gasteiger partial charge in [-0.1, -0.05) is 41.9 Å². The average molecular weight is 404 g/mol. The quantitative estimate of drug-likeness (QED) is 0.638. The van der Waals surface area contributed by atoms with Crippen LogP contribution in [0.1, 0.15) is 44.9 Å². The Kier molecular flexibility index (Phi) is 7.29. The molecule has 0 bridgehead atoms. The van der Waals surface area contributed by atoms with Crippen molar-refractivity contribution in [3.05, 3.63) is 64.7 Å². The summed E-state index contributed by atoms with van der Waals surface area (Å²) in [6.45, 7) is 7.57. The van der Waals surface area contributed by atoms with Crippen LogP contribution >= 0.6 is 11.6 Å². The Labute approximate surface area is 170 Å². The lowest BCUT2D eigenvalue weighted by atomic mass is 10.1. The number of alkyl carbamates (subject to hydrolysis) is 1. The molecule has 0 saturated heterocycles. The first kappa shape index (κ1) is 21.6. The summed E-state index contributed by atoms with van der Waals surface area (Å²) >= 11 is 6.17. The first-order valence-corrected chi connectivity index (χ1v) is 9.39. The summed E-state index contributed by atoms with van der Waals surface area (Å²) in [6, 6.07) is 14.0. The summed E-state index contributed by atoms with van der Waals surface area (Å²) in [5.74, 6) is 0. The standard InChI is InChI=1S/C21H26ClN3O3/c1-14(17-10-5-6-11-18(17)22)24-19(26)25-16-9-7-8-15(12-16)13-23-20(27)28-21(2,3)4/h5-12,14H,13H2,1-4H3,(H,23,27)(H2,24,25,26). The molecule has 0 aliphatic rings. The van der Waals surface area contributed by atoms with Gasteiger partial charge in [0, 0.05) is 17.3 Å². The van der Waals surface area contributed by atoms with E-state index in [1.54, 1.807) is 45.0 Å². The van der Waals surface area contributed by atoms with Crippen LogP contribution in [0.15, 0.2) is 48.5 Å². The van der Waals surface area contributed by atoms with Crippen LogP contribution in [0.5, 0.6) is 0 Å². The normalized spacial score (nSPS) is 12.0. The fraction of sp³-hybridized carbons (Fsp3) is 0.333. The van der Waals surface area contributed by atoms with Gasteiger partial charge in [-0.2, -0.15) is 0 Å². The molecule has 28 heavy (non-hydrogen) atoms. The van der Waals surface area contributed by atoms with Gasteiger partial charge in [-0.15, -0.1) is 0 Å². The van der Waals surface area contributed by atoms with E-state index in [1.165, 1.54) is 0 Å².